The minimum Gasteiger partial charge on any atom is -0.473 e. The number of carbonyl (C=O) groups is 2. The number of halogens is 3. The van der Waals surface area contributed by atoms with Crippen LogP contribution in [0.3, 0.4) is 0 Å². The van der Waals surface area contributed by atoms with Gasteiger partial charge in [0, 0.05) is 18.6 Å². The molecule has 226 valence electrons. The number of fused-ring (bicyclic) bond motifs is 1. The Morgan fingerprint density at radius 1 is 1.20 bits per heavy atom. The summed E-state index contributed by atoms with van der Waals surface area (Å²) >= 11 is 0. The highest BCUT2D eigenvalue weighted by Crippen LogP contribution is 2.45. The zero-order valence-electron chi connectivity index (χ0n) is 24.5. The first-order valence-corrected chi connectivity index (χ1v) is 14.7. The Morgan fingerprint density at radius 3 is 2.45 bits per heavy atom. The highest BCUT2D eigenvalue weighted by molar-refractivity contribution is 6.05. The lowest BCUT2D eigenvalue weighted by atomic mass is 9.92. The molecule has 2 atom stereocenters. The Labute approximate surface area is 236 Å². The SMILES string of the molecule is CCCCCN1C(=O)C(C)(COCC(O)CC)Oc2cc(C(F)(F)F)c(C(=O)N(C(C)C)C3CCCCC3)cc21. The highest BCUT2D eigenvalue weighted by Gasteiger charge is 2.47. The van der Waals surface area contributed by atoms with E-state index in [4.69, 9.17) is 9.47 Å². The molecule has 7 nitrogen and oxygen atoms in total. The molecule has 1 heterocycles. The van der Waals surface area contributed by atoms with Crippen molar-refractivity contribution in [2.75, 3.05) is 24.7 Å². The lowest BCUT2D eigenvalue weighted by molar-refractivity contribution is -0.141. The molecular formula is C30H45F3N2O5. The minimum absolute atomic E-state index is 0.0289. The number of amides is 2. The Morgan fingerprint density at radius 2 is 1.88 bits per heavy atom. The third-order valence-corrected chi connectivity index (χ3v) is 7.86. The number of benzene rings is 1. The second kappa shape index (κ2) is 13.6. The first kappa shape index (κ1) is 32.2. The Kier molecular flexibility index (Phi) is 10.9. The third-order valence-electron chi connectivity index (χ3n) is 7.86. The van der Waals surface area contributed by atoms with Gasteiger partial charge in [0.1, 0.15) is 5.75 Å². The van der Waals surface area contributed by atoms with Crippen molar-refractivity contribution in [1.82, 2.24) is 4.90 Å². The Balaban J connectivity index is 2.09. The van der Waals surface area contributed by atoms with Gasteiger partial charge in [-0.1, -0.05) is 46.0 Å². The molecule has 2 unspecified atom stereocenters. The number of nitrogens with zero attached hydrogens (tertiary/aromatic N) is 2. The van der Waals surface area contributed by atoms with Gasteiger partial charge in [0.2, 0.25) is 5.60 Å². The zero-order chi connectivity index (χ0) is 29.7. The highest BCUT2D eigenvalue weighted by atomic mass is 19.4. The summed E-state index contributed by atoms with van der Waals surface area (Å²) in [5.74, 6) is -1.24. The van der Waals surface area contributed by atoms with E-state index in [1.807, 2.05) is 20.8 Å². The predicted octanol–water partition coefficient (Wildman–Crippen LogP) is 6.35. The van der Waals surface area contributed by atoms with E-state index < -0.39 is 40.8 Å². The summed E-state index contributed by atoms with van der Waals surface area (Å²) in [6, 6.07) is 1.64. The molecule has 0 radical (unpaired) electrons. The molecule has 0 aromatic heterocycles. The van der Waals surface area contributed by atoms with Crippen molar-refractivity contribution in [2.45, 2.75) is 122 Å². The molecule has 0 saturated heterocycles. The van der Waals surface area contributed by atoms with Crippen LogP contribution in [0.15, 0.2) is 12.1 Å². The minimum atomic E-state index is -4.81. The van der Waals surface area contributed by atoms with Gasteiger partial charge in [0.05, 0.1) is 36.1 Å². The number of ether oxygens (including phenoxy) is 2. The summed E-state index contributed by atoms with van der Waals surface area (Å²) in [5, 5.41) is 9.85. The summed E-state index contributed by atoms with van der Waals surface area (Å²) in [4.78, 5) is 30.6. The molecule has 2 aliphatic rings. The number of hydrogen-bond acceptors (Lipinski definition) is 5. The van der Waals surface area contributed by atoms with Crippen molar-refractivity contribution in [2.24, 2.45) is 0 Å². The summed E-state index contributed by atoms with van der Waals surface area (Å²) < 4.78 is 54.9. The van der Waals surface area contributed by atoms with Crippen LogP contribution in [0.5, 0.6) is 5.75 Å². The smallest absolute Gasteiger partial charge is 0.417 e. The largest absolute Gasteiger partial charge is 0.473 e. The third kappa shape index (κ3) is 7.29. The molecule has 1 N–H and O–H groups in total. The van der Waals surface area contributed by atoms with Gasteiger partial charge in [-0.2, -0.15) is 13.2 Å². The van der Waals surface area contributed by atoms with Crippen LogP contribution in [-0.4, -0.2) is 65.4 Å². The van der Waals surface area contributed by atoms with Gasteiger partial charge >= 0.3 is 6.18 Å². The Bertz CT molecular complexity index is 1030. The first-order chi connectivity index (χ1) is 18.8. The molecule has 40 heavy (non-hydrogen) atoms. The Hall–Kier alpha value is -2.33. The zero-order valence-corrected chi connectivity index (χ0v) is 24.5. The average molecular weight is 571 g/mol. The van der Waals surface area contributed by atoms with Crippen molar-refractivity contribution in [1.29, 1.82) is 0 Å². The molecule has 0 bridgehead atoms. The maximum atomic E-state index is 14.5. The van der Waals surface area contributed by atoms with Gasteiger partial charge in [-0.15, -0.1) is 0 Å². The summed E-state index contributed by atoms with van der Waals surface area (Å²) in [6.45, 7) is 8.94. The van der Waals surface area contributed by atoms with Crippen molar-refractivity contribution >= 4 is 17.5 Å². The fourth-order valence-corrected chi connectivity index (χ4v) is 5.61. The second-order valence-electron chi connectivity index (χ2n) is 11.5. The van der Waals surface area contributed by atoms with Crippen LogP contribution in [0.25, 0.3) is 0 Å². The van der Waals surface area contributed by atoms with Crippen LogP contribution >= 0.6 is 0 Å². The molecule has 1 aromatic carbocycles. The topological polar surface area (TPSA) is 79.3 Å². The lowest BCUT2D eigenvalue weighted by Crippen LogP contribution is -2.57. The van der Waals surface area contributed by atoms with Crippen LogP contribution < -0.4 is 9.64 Å². The number of alkyl halides is 3. The van der Waals surface area contributed by atoms with Crippen LogP contribution in [-0.2, 0) is 15.7 Å². The molecule has 3 rings (SSSR count). The van der Waals surface area contributed by atoms with Gasteiger partial charge in [-0.25, -0.2) is 0 Å². The fraction of sp³-hybridized carbons (Fsp3) is 0.733. The van der Waals surface area contributed by atoms with Crippen LogP contribution in [0, 0.1) is 0 Å². The first-order valence-electron chi connectivity index (χ1n) is 14.7. The molecule has 10 heteroatoms. The maximum Gasteiger partial charge on any atom is 0.417 e. The quantitative estimate of drug-likeness (QED) is 0.296. The van der Waals surface area contributed by atoms with Gasteiger partial charge < -0.3 is 24.4 Å². The van der Waals surface area contributed by atoms with Gasteiger partial charge in [-0.3, -0.25) is 9.59 Å². The van der Waals surface area contributed by atoms with Crippen LogP contribution in [0.2, 0.25) is 0 Å². The van der Waals surface area contributed by atoms with Crippen molar-refractivity contribution < 1.29 is 37.3 Å². The molecule has 1 aliphatic carbocycles. The maximum absolute atomic E-state index is 14.5. The summed E-state index contributed by atoms with van der Waals surface area (Å²) in [6.07, 6.45) is 1.69. The van der Waals surface area contributed by atoms with E-state index in [1.165, 1.54) is 17.9 Å². The van der Waals surface area contributed by atoms with E-state index in [2.05, 4.69) is 0 Å². The van der Waals surface area contributed by atoms with Gasteiger partial charge in [0.25, 0.3) is 11.8 Å². The monoisotopic (exact) mass is 570 g/mol. The van der Waals surface area contributed by atoms with Crippen LogP contribution in [0.1, 0.15) is 108 Å². The molecule has 1 aliphatic heterocycles. The second-order valence-corrected chi connectivity index (χ2v) is 11.5. The van der Waals surface area contributed by atoms with E-state index in [0.717, 1.165) is 51.0 Å². The molecule has 1 saturated carbocycles. The summed E-state index contributed by atoms with van der Waals surface area (Å²) in [5.41, 5.74) is -2.97. The van der Waals surface area contributed by atoms with E-state index in [9.17, 15) is 27.9 Å². The van der Waals surface area contributed by atoms with E-state index in [1.54, 1.807) is 11.8 Å². The van der Waals surface area contributed by atoms with Crippen LogP contribution in [0.4, 0.5) is 18.9 Å². The normalized spacial score (nSPS) is 20.9. The average Bonchev–Trinajstić information content (AvgIpc) is 2.90. The molecule has 2 amide bonds. The number of unbranched alkanes of at least 4 members (excludes halogenated alkanes) is 2. The number of carbonyl (C=O) groups excluding carboxylic acids is 2. The standard InChI is InChI=1S/C30H45F3N2O5/c1-6-8-12-15-34-25-16-23(27(37)35(20(3)4)21-13-10-9-11-14-21)24(30(31,32)33)17-26(25)40-29(5,28(34)38)19-39-18-22(36)7-2/h16-17,20-22,36H,6-15,18-19H2,1-5H3. The number of hydrogen-bond donors (Lipinski definition) is 1. The van der Waals surface area contributed by atoms with Crippen molar-refractivity contribution in [3.8, 4) is 5.75 Å². The van der Waals surface area contributed by atoms with Crippen molar-refractivity contribution in [3.05, 3.63) is 23.3 Å². The van der Waals surface area contributed by atoms with Gasteiger partial charge in [0.15, 0.2) is 0 Å². The van der Waals surface area contributed by atoms with Crippen molar-refractivity contribution in [3.63, 3.8) is 0 Å². The lowest BCUT2D eigenvalue weighted by Gasteiger charge is -2.42. The van der Waals surface area contributed by atoms with E-state index >= 15 is 0 Å². The predicted molar refractivity (Wildman–Crippen MR) is 148 cm³/mol. The summed E-state index contributed by atoms with van der Waals surface area (Å²) in [7, 11) is 0. The molecular weight excluding hydrogens is 525 g/mol. The number of anilines is 1. The molecule has 1 aromatic rings. The molecule has 0 spiro atoms. The number of rotatable bonds is 12. The van der Waals surface area contributed by atoms with E-state index in [-0.39, 0.29) is 43.3 Å². The van der Waals surface area contributed by atoms with E-state index in [0.29, 0.717) is 12.8 Å². The number of aliphatic hydroxyl groups is 1. The molecule has 1 fully saturated rings. The fourth-order valence-electron chi connectivity index (χ4n) is 5.61. The number of aliphatic hydroxyl groups excluding tert-OH is 1. The van der Waals surface area contributed by atoms with Gasteiger partial charge in [-0.05, 0) is 58.6 Å².